The Bertz CT molecular complexity index is 1030. The summed E-state index contributed by atoms with van der Waals surface area (Å²) in [7, 11) is 2.70. The molecule has 154 valence electrons. The first kappa shape index (κ1) is 21.7. The number of methoxy groups -OCH3 is 1. The molecule has 0 atom stereocenters. The average Bonchev–Trinajstić information content (AvgIpc) is 2.71. The van der Waals surface area contributed by atoms with Gasteiger partial charge in [0.05, 0.1) is 12.7 Å². The molecule has 0 fully saturated rings. The van der Waals surface area contributed by atoms with Crippen molar-refractivity contribution in [3.63, 3.8) is 0 Å². The fourth-order valence-electron chi connectivity index (χ4n) is 2.68. The van der Waals surface area contributed by atoms with E-state index < -0.39 is 23.1 Å². The van der Waals surface area contributed by atoms with Gasteiger partial charge in [0.25, 0.3) is 11.5 Å². The number of unbranched alkanes of at least 4 members (excludes halogenated alkanes) is 1. The van der Waals surface area contributed by atoms with Crippen LogP contribution < -0.4 is 21.9 Å². The standard InChI is InChI=1S/C20H24N4O5/c1-4-5-12-24-17(21)16(18(26)22-20(24)28)23(2)15(25)11-8-13-6-9-14(10-7-13)19(27)29-3/h6-11H,4-5,12,21H2,1-3H3,(H,22,26,28). The van der Waals surface area contributed by atoms with Crippen molar-refractivity contribution in [3.05, 3.63) is 62.3 Å². The number of hydrogen-bond acceptors (Lipinski definition) is 6. The van der Waals surface area contributed by atoms with E-state index in [-0.39, 0.29) is 11.5 Å². The number of hydrogen-bond donors (Lipinski definition) is 2. The summed E-state index contributed by atoms with van der Waals surface area (Å²) in [6, 6.07) is 6.46. The van der Waals surface area contributed by atoms with E-state index in [1.54, 1.807) is 24.3 Å². The number of rotatable bonds is 7. The van der Waals surface area contributed by atoms with E-state index in [9.17, 15) is 19.2 Å². The quantitative estimate of drug-likeness (QED) is 0.534. The van der Waals surface area contributed by atoms with Gasteiger partial charge < -0.3 is 15.4 Å². The molecule has 0 aliphatic rings. The number of nitrogen functional groups attached to an aromatic ring is 1. The Morgan fingerprint density at radius 3 is 2.48 bits per heavy atom. The molecule has 0 spiro atoms. The number of ether oxygens (including phenoxy) is 1. The van der Waals surface area contributed by atoms with Gasteiger partial charge in [-0.1, -0.05) is 25.5 Å². The molecule has 0 saturated heterocycles. The predicted molar refractivity (Wildman–Crippen MR) is 111 cm³/mol. The van der Waals surface area contributed by atoms with Crippen molar-refractivity contribution in [2.24, 2.45) is 0 Å². The number of nitrogens with zero attached hydrogens (tertiary/aromatic N) is 2. The van der Waals surface area contributed by atoms with Gasteiger partial charge in [-0.15, -0.1) is 0 Å². The fourth-order valence-corrected chi connectivity index (χ4v) is 2.68. The van der Waals surface area contributed by atoms with Gasteiger partial charge in [-0.3, -0.25) is 19.1 Å². The van der Waals surface area contributed by atoms with E-state index in [1.807, 2.05) is 6.92 Å². The van der Waals surface area contributed by atoms with E-state index >= 15 is 0 Å². The smallest absolute Gasteiger partial charge is 0.337 e. The molecule has 1 aromatic carbocycles. The number of esters is 1. The summed E-state index contributed by atoms with van der Waals surface area (Å²) in [6.07, 6.45) is 4.35. The van der Waals surface area contributed by atoms with Gasteiger partial charge in [0, 0.05) is 19.7 Å². The molecule has 1 heterocycles. The van der Waals surface area contributed by atoms with E-state index in [1.165, 1.54) is 30.9 Å². The number of amides is 1. The summed E-state index contributed by atoms with van der Waals surface area (Å²) in [5.41, 5.74) is 5.66. The number of aromatic nitrogens is 2. The van der Waals surface area contributed by atoms with Crippen LogP contribution in [-0.4, -0.2) is 35.6 Å². The molecule has 0 saturated carbocycles. The Kier molecular flexibility index (Phi) is 7.13. The molecule has 0 bridgehead atoms. The minimum absolute atomic E-state index is 0.0566. The van der Waals surface area contributed by atoms with E-state index in [0.717, 1.165) is 11.3 Å². The van der Waals surface area contributed by atoms with Crippen molar-refractivity contribution in [2.75, 3.05) is 24.8 Å². The summed E-state index contributed by atoms with van der Waals surface area (Å²) in [5, 5.41) is 0. The second kappa shape index (κ2) is 9.54. The second-order valence-corrected chi connectivity index (χ2v) is 6.34. The average molecular weight is 400 g/mol. The summed E-state index contributed by atoms with van der Waals surface area (Å²) < 4.78 is 5.88. The van der Waals surface area contributed by atoms with E-state index in [2.05, 4.69) is 9.72 Å². The van der Waals surface area contributed by atoms with Gasteiger partial charge in [0.15, 0.2) is 5.69 Å². The zero-order valence-corrected chi connectivity index (χ0v) is 16.6. The van der Waals surface area contributed by atoms with Gasteiger partial charge in [0.1, 0.15) is 5.82 Å². The van der Waals surface area contributed by atoms with Crippen molar-refractivity contribution >= 4 is 29.5 Å². The van der Waals surface area contributed by atoms with E-state index in [4.69, 9.17) is 5.73 Å². The Balaban J connectivity index is 2.26. The van der Waals surface area contributed by atoms with Gasteiger partial charge in [-0.05, 0) is 30.2 Å². The molecule has 2 aromatic rings. The van der Waals surface area contributed by atoms with Gasteiger partial charge in [0.2, 0.25) is 0 Å². The zero-order chi connectivity index (χ0) is 21.6. The molecule has 1 aromatic heterocycles. The van der Waals surface area contributed by atoms with Crippen molar-refractivity contribution in [1.29, 1.82) is 0 Å². The summed E-state index contributed by atoms with van der Waals surface area (Å²) >= 11 is 0. The van der Waals surface area contributed by atoms with Crippen LogP contribution in [0.25, 0.3) is 6.08 Å². The lowest BCUT2D eigenvalue weighted by atomic mass is 10.1. The molecule has 1 amide bonds. The molecule has 0 aliphatic heterocycles. The lowest BCUT2D eigenvalue weighted by molar-refractivity contribution is -0.113. The number of benzene rings is 1. The molecular formula is C20H24N4O5. The van der Waals surface area contributed by atoms with Gasteiger partial charge >= 0.3 is 11.7 Å². The number of carbonyl (C=O) groups excluding carboxylic acids is 2. The highest BCUT2D eigenvalue weighted by atomic mass is 16.5. The van der Waals surface area contributed by atoms with Crippen molar-refractivity contribution in [3.8, 4) is 0 Å². The highest BCUT2D eigenvalue weighted by molar-refractivity contribution is 6.04. The molecular weight excluding hydrogens is 376 g/mol. The lowest BCUT2D eigenvalue weighted by Gasteiger charge is -2.19. The van der Waals surface area contributed by atoms with Gasteiger partial charge in [-0.25, -0.2) is 9.59 Å². The Morgan fingerprint density at radius 2 is 1.90 bits per heavy atom. The minimum atomic E-state index is -0.730. The normalized spacial score (nSPS) is 10.9. The molecule has 9 heteroatoms. The first-order chi connectivity index (χ1) is 13.8. The van der Waals surface area contributed by atoms with Crippen LogP contribution in [0.3, 0.4) is 0 Å². The Labute approximate surface area is 167 Å². The monoisotopic (exact) mass is 400 g/mol. The maximum atomic E-state index is 12.5. The Hall–Kier alpha value is -3.62. The number of likely N-dealkylation sites (N-methyl/N-ethyl adjacent to an activating group) is 1. The van der Waals surface area contributed by atoms with Crippen LogP contribution in [0.5, 0.6) is 0 Å². The maximum Gasteiger partial charge on any atom is 0.337 e. The van der Waals surface area contributed by atoms with Crippen LogP contribution >= 0.6 is 0 Å². The highest BCUT2D eigenvalue weighted by Crippen LogP contribution is 2.16. The topological polar surface area (TPSA) is 127 Å². The number of carbonyl (C=O) groups is 2. The van der Waals surface area contributed by atoms with Crippen LogP contribution in [0.1, 0.15) is 35.7 Å². The predicted octanol–water partition coefficient (Wildman–Crippen LogP) is 1.38. The van der Waals surface area contributed by atoms with Crippen LogP contribution in [-0.2, 0) is 16.1 Å². The van der Waals surface area contributed by atoms with Crippen LogP contribution in [0.4, 0.5) is 11.5 Å². The lowest BCUT2D eigenvalue weighted by Crippen LogP contribution is -2.38. The minimum Gasteiger partial charge on any atom is -0.465 e. The molecule has 9 nitrogen and oxygen atoms in total. The van der Waals surface area contributed by atoms with Crippen molar-refractivity contribution in [1.82, 2.24) is 9.55 Å². The van der Waals surface area contributed by atoms with Crippen LogP contribution in [0.2, 0.25) is 0 Å². The zero-order valence-electron chi connectivity index (χ0n) is 16.6. The first-order valence-corrected chi connectivity index (χ1v) is 9.06. The number of nitrogens with two attached hydrogens (primary N) is 1. The summed E-state index contributed by atoms with van der Waals surface area (Å²) in [5.74, 6) is -1.01. The third-order valence-electron chi connectivity index (χ3n) is 4.37. The third-order valence-corrected chi connectivity index (χ3v) is 4.37. The molecule has 0 unspecified atom stereocenters. The Morgan fingerprint density at radius 1 is 1.24 bits per heavy atom. The second-order valence-electron chi connectivity index (χ2n) is 6.34. The molecule has 3 N–H and O–H groups in total. The fraction of sp³-hybridized carbons (Fsp3) is 0.300. The number of nitrogens with one attached hydrogen (secondary N) is 1. The number of aromatic amines is 1. The SMILES string of the molecule is CCCCn1c(N)c(N(C)C(=O)C=Cc2ccc(C(=O)OC)cc2)c(=O)[nH]c1=O. The largest absolute Gasteiger partial charge is 0.465 e. The summed E-state index contributed by atoms with van der Waals surface area (Å²) in [4.78, 5) is 51.5. The maximum absolute atomic E-state index is 12.5. The third kappa shape index (κ3) is 5.01. The molecule has 0 radical (unpaired) electrons. The van der Waals surface area contributed by atoms with Crippen LogP contribution in [0.15, 0.2) is 39.9 Å². The summed E-state index contributed by atoms with van der Waals surface area (Å²) in [6.45, 7) is 2.31. The highest BCUT2D eigenvalue weighted by Gasteiger charge is 2.19. The number of H-pyrrole nitrogens is 1. The van der Waals surface area contributed by atoms with Gasteiger partial charge in [-0.2, -0.15) is 0 Å². The van der Waals surface area contributed by atoms with Crippen molar-refractivity contribution < 1.29 is 14.3 Å². The molecule has 29 heavy (non-hydrogen) atoms. The molecule has 0 aliphatic carbocycles. The van der Waals surface area contributed by atoms with Crippen LogP contribution in [0, 0.1) is 0 Å². The first-order valence-electron chi connectivity index (χ1n) is 9.06. The van der Waals surface area contributed by atoms with E-state index in [0.29, 0.717) is 24.1 Å². The van der Waals surface area contributed by atoms with Crippen molar-refractivity contribution in [2.45, 2.75) is 26.3 Å². The number of anilines is 2. The molecule has 2 rings (SSSR count).